The van der Waals surface area contributed by atoms with Crippen LogP contribution in [0.15, 0.2) is 10.6 Å². The molecule has 7 nitrogen and oxygen atoms in total. The zero-order chi connectivity index (χ0) is 21.3. The van der Waals surface area contributed by atoms with Crippen molar-refractivity contribution in [2.45, 2.75) is 64.8 Å². The zero-order valence-corrected chi connectivity index (χ0v) is 15.9. The molecule has 0 fully saturated rings. The molecule has 1 aromatic rings. The van der Waals surface area contributed by atoms with E-state index in [1.807, 2.05) is 0 Å². The lowest BCUT2D eigenvalue weighted by atomic mass is 10.1. The van der Waals surface area contributed by atoms with Crippen molar-refractivity contribution >= 4 is 13.6 Å². The molecule has 0 saturated heterocycles. The standard InChI is InChI=1S/C13H20F6N3O4P/c1-7(2)25-27(23,26-8(3)4)22-11(12(14,15)16,13(17,18)19)20-10-6-9(5)24-21-10/h6-8H,1-5H3,(H,20,21)(H,22,23). The molecule has 0 aromatic carbocycles. The third-order valence-corrected chi connectivity index (χ3v) is 4.81. The van der Waals surface area contributed by atoms with Crippen molar-refractivity contribution < 1.29 is 44.5 Å². The predicted octanol–water partition coefficient (Wildman–Crippen LogP) is 4.76. The van der Waals surface area contributed by atoms with Gasteiger partial charge in [-0.3, -0.25) is 9.05 Å². The summed E-state index contributed by atoms with van der Waals surface area (Å²) in [7, 11) is -5.09. The van der Waals surface area contributed by atoms with Gasteiger partial charge in [-0.05, 0) is 34.6 Å². The second-order valence-electron chi connectivity index (χ2n) is 6.11. The van der Waals surface area contributed by atoms with Crippen molar-refractivity contribution in [3.63, 3.8) is 0 Å². The van der Waals surface area contributed by atoms with Crippen molar-refractivity contribution in [3.8, 4) is 0 Å². The summed E-state index contributed by atoms with van der Waals surface area (Å²) in [5.41, 5.74) is -4.89. The highest BCUT2D eigenvalue weighted by Crippen LogP contribution is 2.54. The van der Waals surface area contributed by atoms with Gasteiger partial charge in [0.15, 0.2) is 5.82 Å². The van der Waals surface area contributed by atoms with Crippen LogP contribution in [-0.2, 0) is 13.6 Å². The Morgan fingerprint density at radius 3 is 1.78 bits per heavy atom. The number of alkyl halides is 6. The molecule has 0 aliphatic carbocycles. The molecular weight excluding hydrogens is 407 g/mol. The van der Waals surface area contributed by atoms with Crippen LogP contribution in [0.25, 0.3) is 0 Å². The zero-order valence-electron chi connectivity index (χ0n) is 15.0. The maximum Gasteiger partial charge on any atom is 0.434 e. The molecule has 14 heteroatoms. The van der Waals surface area contributed by atoms with Gasteiger partial charge in [0.05, 0.1) is 12.2 Å². The summed E-state index contributed by atoms with van der Waals surface area (Å²) in [6.45, 7) is 6.36. The second-order valence-corrected chi connectivity index (χ2v) is 7.75. The summed E-state index contributed by atoms with van der Waals surface area (Å²) < 4.78 is 109. The molecular formula is C13H20F6N3O4P. The number of hydrogen-bond donors (Lipinski definition) is 2. The maximum absolute atomic E-state index is 13.6. The second kappa shape index (κ2) is 7.98. The van der Waals surface area contributed by atoms with Crippen LogP contribution < -0.4 is 10.4 Å². The van der Waals surface area contributed by atoms with Crippen LogP contribution in [0.3, 0.4) is 0 Å². The van der Waals surface area contributed by atoms with Gasteiger partial charge in [0.2, 0.25) is 0 Å². The van der Waals surface area contributed by atoms with Crippen LogP contribution in [0.1, 0.15) is 33.5 Å². The molecule has 1 rings (SSSR count). The molecule has 0 atom stereocenters. The molecule has 0 aliphatic heterocycles. The summed E-state index contributed by atoms with van der Waals surface area (Å²) >= 11 is 0. The molecule has 1 heterocycles. The highest BCUT2D eigenvalue weighted by atomic mass is 31.2. The van der Waals surface area contributed by atoms with E-state index in [1.54, 1.807) is 0 Å². The maximum atomic E-state index is 13.6. The van der Waals surface area contributed by atoms with Crippen molar-refractivity contribution in [2.24, 2.45) is 0 Å². The van der Waals surface area contributed by atoms with Crippen LogP contribution >= 0.6 is 7.75 Å². The van der Waals surface area contributed by atoms with E-state index in [0.717, 1.165) is 11.2 Å². The molecule has 1 aromatic heterocycles. The highest BCUT2D eigenvalue weighted by molar-refractivity contribution is 7.51. The Kier molecular flexibility index (Phi) is 7.01. The first-order valence-electron chi connectivity index (χ1n) is 7.62. The predicted molar refractivity (Wildman–Crippen MR) is 82.9 cm³/mol. The van der Waals surface area contributed by atoms with Gasteiger partial charge >= 0.3 is 20.1 Å². The quantitative estimate of drug-likeness (QED) is 0.351. The van der Waals surface area contributed by atoms with Gasteiger partial charge in [-0.2, -0.15) is 31.4 Å². The van der Waals surface area contributed by atoms with Crippen molar-refractivity contribution in [1.82, 2.24) is 10.2 Å². The van der Waals surface area contributed by atoms with Crippen molar-refractivity contribution in [3.05, 3.63) is 11.8 Å². The Bertz CT molecular complexity index is 646. The summed E-state index contributed by atoms with van der Waals surface area (Å²) in [6, 6.07) is 0.811. The summed E-state index contributed by atoms with van der Waals surface area (Å²) in [5.74, 6) is -0.925. The third kappa shape index (κ3) is 5.84. The number of aromatic nitrogens is 1. The molecule has 0 radical (unpaired) electrons. The lowest BCUT2D eigenvalue weighted by molar-refractivity contribution is -0.293. The first-order chi connectivity index (χ1) is 12.0. The van der Waals surface area contributed by atoms with E-state index in [4.69, 9.17) is 9.05 Å². The Labute approximate surface area is 151 Å². The van der Waals surface area contributed by atoms with E-state index in [1.165, 1.54) is 39.9 Å². The highest BCUT2D eigenvalue weighted by Gasteiger charge is 2.74. The van der Waals surface area contributed by atoms with E-state index in [9.17, 15) is 30.9 Å². The first-order valence-corrected chi connectivity index (χ1v) is 9.17. The molecule has 0 aliphatic rings. The van der Waals surface area contributed by atoms with E-state index in [0.29, 0.717) is 0 Å². The minimum absolute atomic E-state index is 0.0456. The van der Waals surface area contributed by atoms with E-state index in [-0.39, 0.29) is 5.76 Å². The SMILES string of the molecule is Cc1cc(NC(NP(=O)(OC(C)C)OC(C)C)(C(F)(F)F)C(F)(F)F)no1. The number of halogens is 6. The molecule has 0 saturated carbocycles. The van der Waals surface area contributed by atoms with E-state index >= 15 is 0 Å². The average Bonchev–Trinajstić information content (AvgIpc) is 2.78. The minimum Gasteiger partial charge on any atom is -0.360 e. The summed E-state index contributed by atoms with van der Waals surface area (Å²) in [5, 5.41) is 5.29. The van der Waals surface area contributed by atoms with Crippen LogP contribution in [0, 0.1) is 6.92 Å². The normalized spacial score (nSPS) is 14.3. The molecule has 0 spiro atoms. The van der Waals surface area contributed by atoms with Gasteiger partial charge in [-0.15, -0.1) is 0 Å². The smallest absolute Gasteiger partial charge is 0.360 e. The molecule has 158 valence electrons. The van der Waals surface area contributed by atoms with E-state index in [2.05, 4.69) is 9.68 Å². The molecule has 2 N–H and O–H groups in total. The molecule has 0 unspecified atom stereocenters. The fourth-order valence-electron chi connectivity index (χ4n) is 1.91. The lowest BCUT2D eigenvalue weighted by Crippen LogP contribution is -2.70. The molecule has 27 heavy (non-hydrogen) atoms. The van der Waals surface area contributed by atoms with Gasteiger partial charge in [-0.25, -0.2) is 4.57 Å². The number of anilines is 1. The van der Waals surface area contributed by atoms with Gasteiger partial charge in [0, 0.05) is 6.07 Å². The molecule has 0 bridgehead atoms. The number of rotatable bonds is 8. The largest absolute Gasteiger partial charge is 0.434 e. The number of aryl methyl sites for hydroxylation is 1. The van der Waals surface area contributed by atoms with Crippen molar-refractivity contribution in [1.29, 1.82) is 0 Å². The van der Waals surface area contributed by atoms with Gasteiger partial charge in [-0.1, -0.05) is 5.16 Å². The summed E-state index contributed by atoms with van der Waals surface area (Å²) in [4.78, 5) is 0. The third-order valence-electron chi connectivity index (χ3n) is 2.80. The monoisotopic (exact) mass is 427 g/mol. The van der Waals surface area contributed by atoms with Crippen LogP contribution in [0.2, 0.25) is 0 Å². The first kappa shape index (κ1) is 23.7. The minimum atomic E-state index is -6.02. The lowest BCUT2D eigenvalue weighted by Gasteiger charge is -2.40. The Morgan fingerprint density at radius 2 is 1.48 bits per heavy atom. The average molecular weight is 427 g/mol. The van der Waals surface area contributed by atoms with E-state index < -0.39 is 43.8 Å². The Hall–Kier alpha value is -1.30. The molecule has 0 amide bonds. The Morgan fingerprint density at radius 1 is 1.04 bits per heavy atom. The van der Waals surface area contributed by atoms with Crippen LogP contribution in [-0.4, -0.2) is 35.4 Å². The van der Waals surface area contributed by atoms with Crippen LogP contribution in [0.4, 0.5) is 32.2 Å². The van der Waals surface area contributed by atoms with Gasteiger partial charge in [0.1, 0.15) is 5.76 Å². The number of hydrogen-bond acceptors (Lipinski definition) is 6. The fourth-order valence-corrected chi connectivity index (χ4v) is 3.90. The Balaban J connectivity index is 3.52. The van der Waals surface area contributed by atoms with Gasteiger partial charge in [0.25, 0.3) is 5.66 Å². The van der Waals surface area contributed by atoms with Gasteiger partial charge < -0.3 is 9.84 Å². The van der Waals surface area contributed by atoms with Crippen LogP contribution in [0.5, 0.6) is 0 Å². The van der Waals surface area contributed by atoms with Crippen molar-refractivity contribution in [2.75, 3.05) is 5.32 Å². The number of nitrogens with one attached hydrogen (secondary N) is 2. The number of nitrogens with zero attached hydrogens (tertiary/aromatic N) is 1. The fraction of sp³-hybridized carbons (Fsp3) is 0.769. The summed E-state index contributed by atoms with van der Waals surface area (Å²) in [6.07, 6.45) is -14.0. The topological polar surface area (TPSA) is 85.6 Å².